The lowest BCUT2D eigenvalue weighted by molar-refractivity contribution is 0.137. The van der Waals surface area contributed by atoms with Crippen LogP contribution >= 0.6 is 12.2 Å². The highest BCUT2D eigenvalue weighted by atomic mass is 32.1. The summed E-state index contributed by atoms with van der Waals surface area (Å²) in [6, 6.07) is 8.62. The highest BCUT2D eigenvalue weighted by Gasteiger charge is 2.32. The Morgan fingerprint density at radius 2 is 1.54 bits per heavy atom. The molecule has 2 aliphatic carbocycles. The van der Waals surface area contributed by atoms with E-state index in [9.17, 15) is 0 Å². The molecule has 0 aromatic heterocycles. The van der Waals surface area contributed by atoms with E-state index in [0.717, 1.165) is 29.4 Å². The molecule has 1 unspecified atom stereocenters. The van der Waals surface area contributed by atoms with Gasteiger partial charge in [-0.15, -0.1) is 0 Å². The third kappa shape index (κ3) is 5.05. The molecule has 26 heavy (non-hydrogen) atoms. The maximum absolute atomic E-state index is 4.69. The van der Waals surface area contributed by atoms with Gasteiger partial charge in [0.05, 0.1) is 10.8 Å². The Balaban J connectivity index is 1.48. The first-order valence-corrected chi connectivity index (χ1v) is 11.3. The van der Waals surface area contributed by atoms with Crippen molar-refractivity contribution in [3.8, 4) is 0 Å². The molecule has 0 N–H and O–H groups in total. The molecule has 0 radical (unpaired) electrons. The van der Waals surface area contributed by atoms with Crippen molar-refractivity contribution in [3.05, 3.63) is 29.8 Å². The molecule has 0 saturated heterocycles. The van der Waals surface area contributed by atoms with Gasteiger partial charge in [-0.05, 0) is 98.0 Å². The third-order valence-electron chi connectivity index (χ3n) is 7.37. The maximum atomic E-state index is 4.69. The zero-order chi connectivity index (χ0) is 18.4. The first kappa shape index (κ1) is 19.8. The second-order valence-electron chi connectivity index (χ2n) is 8.83. The Morgan fingerprint density at radius 3 is 2.08 bits per heavy atom. The minimum absolute atomic E-state index is 0.654. The normalized spacial score (nSPS) is 30.4. The SMILES string of the molecule is CCCC1CCC(C2CCC(C(C)c3ccc(N=C=S)cc3)CC2)CC1. The van der Waals surface area contributed by atoms with Gasteiger partial charge in [0.1, 0.15) is 0 Å². The van der Waals surface area contributed by atoms with Gasteiger partial charge >= 0.3 is 0 Å². The van der Waals surface area contributed by atoms with Crippen molar-refractivity contribution >= 4 is 23.1 Å². The molecule has 2 saturated carbocycles. The van der Waals surface area contributed by atoms with Gasteiger partial charge in [-0.3, -0.25) is 0 Å². The first-order valence-electron chi connectivity index (χ1n) is 10.9. The topological polar surface area (TPSA) is 12.4 Å². The molecule has 0 spiro atoms. The van der Waals surface area contributed by atoms with E-state index in [-0.39, 0.29) is 0 Å². The van der Waals surface area contributed by atoms with Gasteiger partial charge < -0.3 is 0 Å². The van der Waals surface area contributed by atoms with Crippen LogP contribution in [0.5, 0.6) is 0 Å². The van der Waals surface area contributed by atoms with Crippen LogP contribution in [0.15, 0.2) is 29.3 Å². The number of rotatable bonds is 6. The molecule has 0 amide bonds. The van der Waals surface area contributed by atoms with E-state index in [1.165, 1.54) is 69.8 Å². The highest BCUT2D eigenvalue weighted by Crippen LogP contribution is 2.45. The second kappa shape index (κ2) is 9.81. The van der Waals surface area contributed by atoms with Crippen molar-refractivity contribution in [1.82, 2.24) is 0 Å². The molecule has 1 atom stereocenters. The van der Waals surface area contributed by atoms with Crippen LogP contribution in [0.3, 0.4) is 0 Å². The number of isothiocyanates is 1. The lowest BCUT2D eigenvalue weighted by atomic mass is 9.66. The van der Waals surface area contributed by atoms with Crippen LogP contribution in [0, 0.1) is 23.7 Å². The second-order valence-corrected chi connectivity index (χ2v) is 9.01. The summed E-state index contributed by atoms with van der Waals surface area (Å²) in [6.45, 7) is 4.76. The number of nitrogens with zero attached hydrogens (tertiary/aromatic N) is 1. The fraction of sp³-hybridized carbons (Fsp3) is 0.708. The lowest BCUT2D eigenvalue weighted by Gasteiger charge is -2.39. The first-order chi connectivity index (χ1) is 12.7. The predicted molar refractivity (Wildman–Crippen MR) is 115 cm³/mol. The van der Waals surface area contributed by atoms with Gasteiger partial charge in [-0.2, -0.15) is 4.99 Å². The van der Waals surface area contributed by atoms with Crippen LogP contribution in [0.25, 0.3) is 0 Å². The van der Waals surface area contributed by atoms with Crippen LogP contribution in [0.1, 0.15) is 89.5 Å². The van der Waals surface area contributed by atoms with E-state index in [1.807, 2.05) is 0 Å². The average molecular weight is 370 g/mol. The van der Waals surface area contributed by atoms with Crippen molar-refractivity contribution in [1.29, 1.82) is 0 Å². The quantitative estimate of drug-likeness (QED) is 0.366. The van der Waals surface area contributed by atoms with Gasteiger partial charge in [0.2, 0.25) is 0 Å². The lowest BCUT2D eigenvalue weighted by Crippen LogP contribution is -2.27. The summed E-state index contributed by atoms with van der Waals surface area (Å²) in [5.41, 5.74) is 2.37. The molecular formula is C24H35NS. The van der Waals surface area contributed by atoms with Crippen molar-refractivity contribution in [2.45, 2.75) is 84.0 Å². The van der Waals surface area contributed by atoms with Crippen molar-refractivity contribution in [2.24, 2.45) is 28.7 Å². The van der Waals surface area contributed by atoms with Crippen LogP contribution in [-0.4, -0.2) is 5.16 Å². The summed E-state index contributed by atoms with van der Waals surface area (Å²) in [5.74, 6) is 4.59. The van der Waals surface area contributed by atoms with E-state index in [2.05, 4.69) is 60.5 Å². The Labute approximate surface area is 165 Å². The monoisotopic (exact) mass is 369 g/mol. The smallest absolute Gasteiger partial charge is 0.0739 e. The zero-order valence-electron chi connectivity index (χ0n) is 16.6. The Bertz CT molecular complexity index is 585. The maximum Gasteiger partial charge on any atom is 0.0739 e. The largest absolute Gasteiger partial charge is 0.195 e. The Hall–Kier alpha value is -0.980. The highest BCUT2D eigenvalue weighted by molar-refractivity contribution is 7.78. The summed E-state index contributed by atoms with van der Waals surface area (Å²) < 4.78 is 0. The number of hydrogen-bond donors (Lipinski definition) is 0. The van der Waals surface area contributed by atoms with Gasteiger partial charge in [-0.25, -0.2) is 0 Å². The fourth-order valence-corrected chi connectivity index (χ4v) is 5.76. The molecule has 0 bridgehead atoms. The minimum atomic E-state index is 0.654. The summed E-state index contributed by atoms with van der Waals surface area (Å²) in [4.78, 5) is 4.06. The summed E-state index contributed by atoms with van der Waals surface area (Å²) in [6.07, 6.45) is 14.6. The summed E-state index contributed by atoms with van der Waals surface area (Å²) in [5, 5.41) is 2.45. The fourth-order valence-electron chi connectivity index (χ4n) is 5.65. The number of hydrogen-bond acceptors (Lipinski definition) is 2. The Morgan fingerprint density at radius 1 is 0.962 bits per heavy atom. The standard InChI is InChI=1S/C24H35NS/c1-3-4-19-5-7-22(8-6-19)23-11-9-20(10-12-23)18(2)21-13-15-24(16-14-21)25-17-26/h13-16,18-20,22-23H,3-12H2,1-2H3. The molecule has 2 fully saturated rings. The number of aliphatic imine (C=N–C) groups is 1. The van der Waals surface area contributed by atoms with E-state index in [1.54, 1.807) is 0 Å². The number of thiocarbonyl (C=S) groups is 1. The van der Waals surface area contributed by atoms with E-state index in [4.69, 9.17) is 0 Å². The average Bonchev–Trinajstić information content (AvgIpc) is 2.69. The third-order valence-corrected chi connectivity index (χ3v) is 7.46. The van der Waals surface area contributed by atoms with E-state index >= 15 is 0 Å². The van der Waals surface area contributed by atoms with E-state index in [0.29, 0.717) is 5.92 Å². The molecule has 142 valence electrons. The van der Waals surface area contributed by atoms with Crippen LogP contribution < -0.4 is 0 Å². The molecule has 2 heteroatoms. The molecule has 1 nitrogen and oxygen atoms in total. The molecule has 1 aromatic rings. The minimum Gasteiger partial charge on any atom is -0.195 e. The van der Waals surface area contributed by atoms with E-state index < -0.39 is 0 Å². The predicted octanol–water partition coefficient (Wildman–Crippen LogP) is 7.94. The van der Waals surface area contributed by atoms with Crippen LogP contribution in [-0.2, 0) is 0 Å². The van der Waals surface area contributed by atoms with Gasteiger partial charge in [0.25, 0.3) is 0 Å². The van der Waals surface area contributed by atoms with Crippen molar-refractivity contribution in [2.75, 3.05) is 0 Å². The van der Waals surface area contributed by atoms with Crippen molar-refractivity contribution in [3.63, 3.8) is 0 Å². The molecule has 0 heterocycles. The molecule has 3 rings (SSSR count). The molecule has 1 aromatic carbocycles. The Kier molecular flexibility index (Phi) is 7.46. The van der Waals surface area contributed by atoms with Crippen LogP contribution in [0.4, 0.5) is 5.69 Å². The number of benzene rings is 1. The van der Waals surface area contributed by atoms with Gasteiger partial charge in [-0.1, -0.05) is 51.7 Å². The summed E-state index contributed by atoms with van der Waals surface area (Å²) >= 11 is 4.69. The molecular weight excluding hydrogens is 334 g/mol. The van der Waals surface area contributed by atoms with Gasteiger partial charge in [0, 0.05) is 0 Å². The van der Waals surface area contributed by atoms with Gasteiger partial charge in [0.15, 0.2) is 0 Å². The molecule has 0 aliphatic heterocycles. The molecule has 2 aliphatic rings. The van der Waals surface area contributed by atoms with Crippen LogP contribution in [0.2, 0.25) is 0 Å². The summed E-state index contributed by atoms with van der Waals surface area (Å²) in [7, 11) is 0. The zero-order valence-corrected chi connectivity index (χ0v) is 17.4. The van der Waals surface area contributed by atoms with Crippen molar-refractivity contribution < 1.29 is 0 Å².